The Kier molecular flexibility index (Phi) is 19.3. The highest BCUT2D eigenvalue weighted by Gasteiger charge is 2.49. The van der Waals surface area contributed by atoms with E-state index < -0.39 is 89.1 Å². The standard InChI is InChI=1S/C44H70N10O9/c1-43(2,3)63-41(60)44(49,24-28-12-6-4-7-13-28)40(59)52-32(22-30-25-50-27-51-30)38(57)36(29-14-8-5-9-15-29)37(48)35(56)23-34(55)33-26-62-21-20-53(33)42(61)54(19-18-46)39(58)31(47)16-10-11-17-45/h4,6-7,12-13,25,27,29,31-33,35-37,56H,5,8-11,14-24,26,45-49H2,1-3H3,(H,50,51)(H,52,59)/t31-,32-,33-,35?,36?,37?,44-/m0/s1. The summed E-state index contributed by atoms with van der Waals surface area (Å²) >= 11 is 0. The second kappa shape index (κ2) is 23.9. The lowest BCUT2D eigenvalue weighted by Gasteiger charge is -2.39. The number of rotatable bonds is 22. The molecule has 1 aromatic carbocycles. The van der Waals surface area contributed by atoms with Gasteiger partial charge in [0, 0.05) is 62.7 Å². The summed E-state index contributed by atoms with van der Waals surface area (Å²) in [7, 11) is 0. The molecule has 1 saturated heterocycles. The smallest absolute Gasteiger partial charge is 0.336 e. The van der Waals surface area contributed by atoms with Gasteiger partial charge in [-0.15, -0.1) is 0 Å². The van der Waals surface area contributed by atoms with Gasteiger partial charge in [-0.25, -0.2) is 14.6 Å². The number of unbranched alkanes of at least 4 members (excludes halogenated alkanes) is 1. The number of H-pyrrole nitrogens is 1. The monoisotopic (exact) mass is 883 g/mol. The largest absolute Gasteiger partial charge is 0.458 e. The second-order valence-electron chi connectivity index (χ2n) is 17.8. The number of nitrogens with one attached hydrogen (secondary N) is 2. The molecular formula is C44H70N10O9. The van der Waals surface area contributed by atoms with Gasteiger partial charge < -0.3 is 58.4 Å². The van der Waals surface area contributed by atoms with Gasteiger partial charge in [0.2, 0.25) is 5.91 Å². The molecule has 63 heavy (non-hydrogen) atoms. The van der Waals surface area contributed by atoms with Gasteiger partial charge in [-0.05, 0) is 64.5 Å². The Morgan fingerprint density at radius 2 is 1.73 bits per heavy atom. The molecule has 7 atom stereocenters. The Balaban J connectivity index is 1.62. The SMILES string of the molecule is CC(C)(C)OC(=O)[C@](N)(Cc1ccccc1)C(=O)N[C@@H](Cc1cnc[nH]1)C(=O)C(C1CCCCC1)C(N)C(O)CC(=O)[C@@H]1COCCN1C(=O)N(CCN)C(=O)[C@@H](N)CCCCN. The van der Waals surface area contributed by atoms with Gasteiger partial charge in [0.1, 0.15) is 11.6 Å². The Hall–Kier alpha value is -4.63. The minimum Gasteiger partial charge on any atom is -0.458 e. The van der Waals surface area contributed by atoms with Crippen molar-refractivity contribution in [2.75, 3.05) is 39.4 Å². The van der Waals surface area contributed by atoms with Gasteiger partial charge in [-0.3, -0.25) is 24.1 Å². The number of hydrogen-bond donors (Lipinski definition) is 8. The Morgan fingerprint density at radius 1 is 1.03 bits per heavy atom. The lowest BCUT2D eigenvalue weighted by Crippen LogP contribution is -2.65. The first-order chi connectivity index (χ1) is 29.9. The van der Waals surface area contributed by atoms with Crippen LogP contribution in [-0.4, -0.2) is 141 Å². The maximum atomic E-state index is 15.1. The molecule has 13 N–H and O–H groups in total. The lowest BCUT2D eigenvalue weighted by atomic mass is 9.71. The molecule has 1 saturated carbocycles. The summed E-state index contributed by atoms with van der Waals surface area (Å²) in [4.78, 5) is 94.0. The summed E-state index contributed by atoms with van der Waals surface area (Å²) in [5, 5.41) is 14.6. The maximum Gasteiger partial charge on any atom is 0.336 e. The number of carbonyl (C=O) groups excluding carboxylic acids is 6. The van der Waals surface area contributed by atoms with Crippen molar-refractivity contribution in [3.8, 4) is 0 Å². The molecule has 3 unspecified atom stereocenters. The predicted molar refractivity (Wildman–Crippen MR) is 234 cm³/mol. The van der Waals surface area contributed by atoms with E-state index in [2.05, 4.69) is 15.3 Å². The minimum absolute atomic E-state index is 0.0253. The number of aliphatic hydroxyl groups excluding tert-OH is 1. The Bertz CT molecular complexity index is 1800. The van der Waals surface area contributed by atoms with E-state index in [0.29, 0.717) is 49.9 Å². The Labute approximate surface area is 369 Å². The molecule has 1 aliphatic heterocycles. The van der Waals surface area contributed by atoms with Crippen molar-refractivity contribution >= 4 is 35.4 Å². The summed E-state index contributed by atoms with van der Waals surface area (Å²) in [5.41, 5.74) is 29.0. The zero-order valence-corrected chi connectivity index (χ0v) is 37.0. The van der Waals surface area contributed by atoms with Gasteiger partial charge in [0.05, 0.1) is 37.7 Å². The fraction of sp³-hybridized carbons (Fsp3) is 0.659. The summed E-state index contributed by atoms with van der Waals surface area (Å²) in [6.07, 6.45) is 5.71. The van der Waals surface area contributed by atoms with E-state index >= 15 is 4.79 Å². The normalized spacial score (nSPS) is 19.4. The van der Waals surface area contributed by atoms with Crippen LogP contribution in [0.4, 0.5) is 4.79 Å². The third kappa shape index (κ3) is 14.2. The predicted octanol–water partition coefficient (Wildman–Crippen LogP) is 0.196. The molecule has 350 valence electrons. The van der Waals surface area contributed by atoms with Gasteiger partial charge in [0.15, 0.2) is 17.1 Å². The lowest BCUT2D eigenvalue weighted by molar-refractivity contribution is -0.165. The number of nitrogens with two attached hydrogens (primary N) is 5. The van der Waals surface area contributed by atoms with E-state index in [1.54, 1.807) is 51.1 Å². The molecule has 2 aromatic rings. The first-order valence-electron chi connectivity index (χ1n) is 22.1. The van der Waals surface area contributed by atoms with E-state index in [-0.39, 0.29) is 51.6 Å². The molecule has 4 rings (SSSR count). The van der Waals surface area contributed by atoms with Crippen LogP contribution in [-0.2, 0) is 46.3 Å². The summed E-state index contributed by atoms with van der Waals surface area (Å²) < 4.78 is 11.3. The number of amides is 4. The number of benzene rings is 1. The number of aromatic nitrogens is 2. The quantitative estimate of drug-likeness (QED) is 0.0445. The first-order valence-corrected chi connectivity index (χ1v) is 22.1. The number of ketones is 2. The van der Waals surface area contributed by atoms with Crippen LogP contribution in [0.15, 0.2) is 42.9 Å². The highest BCUT2D eigenvalue weighted by Crippen LogP contribution is 2.35. The van der Waals surface area contributed by atoms with Crippen molar-refractivity contribution in [2.45, 2.75) is 133 Å². The third-order valence-electron chi connectivity index (χ3n) is 11.8. The highest BCUT2D eigenvalue weighted by atomic mass is 16.6. The number of ether oxygens (including phenoxy) is 2. The molecule has 0 radical (unpaired) electrons. The number of aromatic amines is 1. The van der Waals surface area contributed by atoms with Gasteiger partial charge in [0.25, 0.3) is 5.91 Å². The van der Waals surface area contributed by atoms with Crippen LogP contribution in [0.3, 0.4) is 0 Å². The zero-order chi connectivity index (χ0) is 46.3. The van der Waals surface area contributed by atoms with Crippen LogP contribution < -0.4 is 34.0 Å². The number of nitrogens with zero attached hydrogens (tertiary/aromatic N) is 3. The molecule has 2 fully saturated rings. The zero-order valence-electron chi connectivity index (χ0n) is 37.0. The number of aliphatic hydroxyl groups is 1. The van der Waals surface area contributed by atoms with E-state index in [4.69, 9.17) is 38.1 Å². The number of hydrogen-bond acceptors (Lipinski definition) is 15. The van der Waals surface area contributed by atoms with Crippen LogP contribution in [0.1, 0.15) is 89.8 Å². The molecule has 2 heterocycles. The van der Waals surface area contributed by atoms with Crippen molar-refractivity contribution in [1.82, 2.24) is 25.1 Å². The summed E-state index contributed by atoms with van der Waals surface area (Å²) in [6, 6.07) is 3.16. The van der Waals surface area contributed by atoms with Crippen molar-refractivity contribution < 1.29 is 43.3 Å². The fourth-order valence-electron chi connectivity index (χ4n) is 8.35. The van der Waals surface area contributed by atoms with Crippen LogP contribution in [0.5, 0.6) is 0 Å². The summed E-state index contributed by atoms with van der Waals surface area (Å²) in [6.45, 7) is 5.08. The van der Waals surface area contributed by atoms with Crippen molar-refractivity contribution in [3.63, 3.8) is 0 Å². The van der Waals surface area contributed by atoms with E-state index in [1.807, 2.05) is 0 Å². The molecular weight excluding hydrogens is 813 g/mol. The van der Waals surface area contributed by atoms with Crippen LogP contribution in [0.2, 0.25) is 0 Å². The molecule has 19 nitrogen and oxygen atoms in total. The molecule has 1 aromatic heterocycles. The number of esters is 1. The highest BCUT2D eigenvalue weighted by molar-refractivity contribution is 6.09. The average Bonchev–Trinajstić information content (AvgIpc) is 3.78. The number of urea groups is 1. The fourth-order valence-corrected chi connectivity index (χ4v) is 8.35. The topological polar surface area (TPSA) is 318 Å². The molecule has 0 bridgehead atoms. The van der Waals surface area contributed by atoms with Crippen molar-refractivity contribution in [1.29, 1.82) is 0 Å². The number of carbonyl (C=O) groups is 6. The molecule has 19 heteroatoms. The Morgan fingerprint density at radius 3 is 2.35 bits per heavy atom. The van der Waals surface area contributed by atoms with E-state index in [0.717, 1.165) is 24.2 Å². The molecule has 2 aliphatic rings. The van der Waals surface area contributed by atoms with Crippen LogP contribution in [0.25, 0.3) is 0 Å². The van der Waals surface area contributed by atoms with Gasteiger partial charge in [-0.2, -0.15) is 0 Å². The molecule has 0 spiro atoms. The third-order valence-corrected chi connectivity index (χ3v) is 11.8. The first kappa shape index (κ1) is 51.0. The van der Waals surface area contributed by atoms with E-state index in [9.17, 15) is 29.1 Å². The molecule has 4 amide bonds. The molecule has 1 aliphatic carbocycles. The average molecular weight is 883 g/mol. The number of morpholine rings is 1. The van der Waals surface area contributed by atoms with Crippen molar-refractivity contribution in [2.24, 2.45) is 40.5 Å². The summed E-state index contributed by atoms with van der Waals surface area (Å²) in [5.74, 6) is -5.09. The number of imide groups is 1. The van der Waals surface area contributed by atoms with Gasteiger partial charge >= 0.3 is 12.0 Å². The maximum absolute atomic E-state index is 15.1. The van der Waals surface area contributed by atoms with Crippen LogP contribution in [0, 0.1) is 11.8 Å². The number of Topliss-reactive ketones (excluding diaryl/α,β-unsaturated/α-hetero) is 2. The number of imidazole rings is 1. The van der Waals surface area contributed by atoms with Crippen LogP contribution >= 0.6 is 0 Å². The second-order valence-corrected chi connectivity index (χ2v) is 17.8. The van der Waals surface area contributed by atoms with E-state index in [1.165, 1.54) is 17.4 Å². The van der Waals surface area contributed by atoms with Crippen molar-refractivity contribution in [3.05, 3.63) is 54.1 Å². The van der Waals surface area contributed by atoms with Gasteiger partial charge in [-0.1, -0.05) is 56.0 Å². The minimum atomic E-state index is -2.26.